The van der Waals surface area contributed by atoms with Crippen LogP contribution in [0, 0.1) is 5.92 Å². The van der Waals surface area contributed by atoms with Crippen molar-refractivity contribution in [2.45, 2.75) is 69.7 Å². The number of imide groups is 1. The molecule has 1 unspecified atom stereocenters. The van der Waals surface area contributed by atoms with Crippen LogP contribution in [0.25, 0.3) is 11.0 Å². The van der Waals surface area contributed by atoms with E-state index in [1.54, 1.807) is 31.4 Å². The number of nitrogens with one attached hydrogen (secondary N) is 2. The largest absolute Gasteiger partial charge is 0.492 e. The molecule has 4 aromatic rings. The summed E-state index contributed by atoms with van der Waals surface area (Å²) in [6.45, 7) is 2.60. The fourth-order valence-corrected chi connectivity index (χ4v) is 7.40. The third-order valence-corrected chi connectivity index (χ3v) is 10.2. The van der Waals surface area contributed by atoms with Crippen LogP contribution in [0.3, 0.4) is 0 Å². The highest BCUT2D eigenvalue weighted by atomic mass is 16.5. The van der Waals surface area contributed by atoms with Gasteiger partial charge in [0.15, 0.2) is 0 Å². The van der Waals surface area contributed by atoms with Crippen molar-refractivity contribution in [1.29, 1.82) is 0 Å². The van der Waals surface area contributed by atoms with Crippen molar-refractivity contribution >= 4 is 46.2 Å². The van der Waals surface area contributed by atoms with E-state index in [1.165, 1.54) is 5.69 Å². The molecule has 0 spiro atoms. The van der Waals surface area contributed by atoms with Gasteiger partial charge in [-0.1, -0.05) is 25.0 Å². The predicted octanol–water partition coefficient (Wildman–Crippen LogP) is 5.59. The summed E-state index contributed by atoms with van der Waals surface area (Å²) in [6, 6.07) is 14.2. The number of fused-ring (bicyclic) bond motifs is 1. The smallest absolute Gasteiger partial charge is 0.270 e. The number of carbonyl (C=O) groups excluding carboxylic acids is 3. The number of amides is 3. The molecule has 3 aliphatic rings. The van der Waals surface area contributed by atoms with Crippen LogP contribution in [0.4, 0.5) is 17.5 Å². The van der Waals surface area contributed by atoms with Crippen molar-refractivity contribution in [3.8, 4) is 5.75 Å². The van der Waals surface area contributed by atoms with Crippen LogP contribution in [0.1, 0.15) is 85.8 Å². The Balaban J connectivity index is 0.891. The molecule has 12 nitrogen and oxygen atoms in total. The summed E-state index contributed by atoms with van der Waals surface area (Å²) in [6.07, 6.45) is 12.0. The summed E-state index contributed by atoms with van der Waals surface area (Å²) < 4.78 is 8.16. The molecule has 12 heteroatoms. The topological polar surface area (TPSA) is 135 Å². The number of benzene rings is 1. The van der Waals surface area contributed by atoms with Gasteiger partial charge in [0.2, 0.25) is 17.8 Å². The van der Waals surface area contributed by atoms with Crippen molar-refractivity contribution in [2.24, 2.45) is 5.92 Å². The van der Waals surface area contributed by atoms with E-state index in [2.05, 4.69) is 42.2 Å². The number of hydrogen-bond donors (Lipinski definition) is 2. The van der Waals surface area contributed by atoms with Crippen LogP contribution < -0.4 is 20.3 Å². The van der Waals surface area contributed by atoms with Crippen molar-refractivity contribution in [3.63, 3.8) is 0 Å². The van der Waals surface area contributed by atoms with Crippen molar-refractivity contribution < 1.29 is 19.1 Å². The van der Waals surface area contributed by atoms with Crippen LogP contribution in [-0.4, -0.2) is 75.9 Å². The SMILES string of the molecule is CN(C)C(=O)c1cc2cnc(Nc3ccc(OCCC4CCN(c5ccc(C6CCC(=O)NC6=O)cc5)CC4)cn3)nc2n1C1CCCC1. The maximum Gasteiger partial charge on any atom is 0.270 e. The molecule has 1 aromatic carbocycles. The summed E-state index contributed by atoms with van der Waals surface area (Å²) in [5.74, 6) is 1.71. The van der Waals surface area contributed by atoms with Crippen LogP contribution >= 0.6 is 0 Å². The maximum absolute atomic E-state index is 13.0. The van der Waals surface area contributed by atoms with Gasteiger partial charge in [-0.3, -0.25) is 19.7 Å². The van der Waals surface area contributed by atoms with Gasteiger partial charge < -0.3 is 24.4 Å². The van der Waals surface area contributed by atoms with E-state index >= 15 is 0 Å². The van der Waals surface area contributed by atoms with Gasteiger partial charge in [0.25, 0.3) is 5.91 Å². The third kappa shape index (κ3) is 7.23. The Hall–Kier alpha value is -5.00. The first kappa shape index (κ1) is 32.5. The monoisotopic (exact) mass is 664 g/mol. The first-order valence-corrected chi connectivity index (χ1v) is 17.5. The normalized spacial score (nSPS) is 18.9. The van der Waals surface area contributed by atoms with Crippen LogP contribution in [0.15, 0.2) is 54.9 Å². The number of aromatic nitrogens is 4. The number of hydrogen-bond acceptors (Lipinski definition) is 9. The van der Waals surface area contributed by atoms with E-state index in [4.69, 9.17) is 9.72 Å². The second kappa shape index (κ2) is 14.2. The minimum absolute atomic E-state index is 0.0298. The predicted molar refractivity (Wildman–Crippen MR) is 187 cm³/mol. The van der Waals surface area contributed by atoms with Crippen molar-refractivity contribution in [2.75, 3.05) is 44.0 Å². The fraction of sp³-hybridized carbons (Fsp3) is 0.459. The highest BCUT2D eigenvalue weighted by molar-refractivity contribution is 6.01. The molecule has 7 rings (SSSR count). The second-order valence-electron chi connectivity index (χ2n) is 13.7. The molecular formula is C37H44N8O4. The molecule has 1 saturated carbocycles. The van der Waals surface area contributed by atoms with E-state index in [0.29, 0.717) is 42.8 Å². The van der Waals surface area contributed by atoms with Crippen LogP contribution in [0.2, 0.25) is 0 Å². The summed E-state index contributed by atoms with van der Waals surface area (Å²) in [4.78, 5) is 54.6. The number of carbonyl (C=O) groups is 3. The Kier molecular flexibility index (Phi) is 9.45. The highest BCUT2D eigenvalue weighted by Gasteiger charge is 2.29. The molecule has 2 saturated heterocycles. The average molecular weight is 665 g/mol. The third-order valence-electron chi connectivity index (χ3n) is 10.2. The lowest BCUT2D eigenvalue weighted by Gasteiger charge is -2.34. The zero-order valence-electron chi connectivity index (χ0n) is 28.2. The second-order valence-corrected chi connectivity index (χ2v) is 13.7. The van der Waals surface area contributed by atoms with Gasteiger partial charge >= 0.3 is 0 Å². The van der Waals surface area contributed by atoms with Gasteiger partial charge in [0, 0.05) is 56.9 Å². The fourth-order valence-electron chi connectivity index (χ4n) is 7.40. The summed E-state index contributed by atoms with van der Waals surface area (Å²) in [7, 11) is 3.55. The van der Waals surface area contributed by atoms with Gasteiger partial charge in [-0.25, -0.2) is 9.97 Å². The zero-order chi connectivity index (χ0) is 33.9. The lowest BCUT2D eigenvalue weighted by molar-refractivity contribution is -0.134. The summed E-state index contributed by atoms with van der Waals surface area (Å²) in [5, 5.41) is 6.52. The quantitative estimate of drug-likeness (QED) is 0.208. The van der Waals surface area contributed by atoms with Crippen molar-refractivity contribution in [3.05, 3.63) is 66.1 Å². The minimum Gasteiger partial charge on any atom is -0.492 e. The van der Waals surface area contributed by atoms with Gasteiger partial charge in [0.05, 0.1) is 18.7 Å². The Morgan fingerprint density at radius 2 is 1.76 bits per heavy atom. The number of anilines is 3. The van der Waals surface area contributed by atoms with Gasteiger partial charge in [-0.2, -0.15) is 4.98 Å². The number of nitrogens with zero attached hydrogens (tertiary/aromatic N) is 6. The molecule has 3 fully saturated rings. The number of piperidine rings is 2. The molecule has 3 aromatic heterocycles. The van der Waals surface area contributed by atoms with E-state index < -0.39 is 0 Å². The van der Waals surface area contributed by atoms with E-state index in [-0.39, 0.29) is 29.7 Å². The van der Waals surface area contributed by atoms with E-state index in [1.807, 2.05) is 30.3 Å². The number of ether oxygens (including phenoxy) is 1. The molecule has 0 radical (unpaired) electrons. The molecule has 2 N–H and O–H groups in total. The molecule has 49 heavy (non-hydrogen) atoms. The number of rotatable bonds is 10. The van der Waals surface area contributed by atoms with Crippen LogP contribution in [-0.2, 0) is 9.59 Å². The Labute approximate surface area is 286 Å². The molecule has 5 heterocycles. The van der Waals surface area contributed by atoms with Gasteiger partial charge in [-0.05, 0) is 80.3 Å². The molecule has 0 bridgehead atoms. The Morgan fingerprint density at radius 3 is 2.45 bits per heavy atom. The first-order chi connectivity index (χ1) is 23.8. The Bertz CT molecular complexity index is 1810. The molecule has 1 atom stereocenters. The van der Waals surface area contributed by atoms with Gasteiger partial charge in [0.1, 0.15) is 22.9 Å². The first-order valence-electron chi connectivity index (χ1n) is 17.5. The lowest BCUT2D eigenvalue weighted by Crippen LogP contribution is -2.39. The van der Waals surface area contributed by atoms with E-state index in [0.717, 1.165) is 80.4 Å². The minimum atomic E-state index is -0.250. The molecule has 256 valence electrons. The average Bonchev–Trinajstić information content (AvgIpc) is 3.77. The molecule has 1 aliphatic carbocycles. The van der Waals surface area contributed by atoms with Gasteiger partial charge in [-0.15, -0.1) is 0 Å². The molecular weight excluding hydrogens is 620 g/mol. The molecule has 3 amide bonds. The maximum atomic E-state index is 13.0. The summed E-state index contributed by atoms with van der Waals surface area (Å²) in [5.41, 5.74) is 3.56. The lowest BCUT2D eigenvalue weighted by atomic mass is 9.90. The zero-order valence-corrected chi connectivity index (χ0v) is 28.2. The van der Waals surface area contributed by atoms with Crippen molar-refractivity contribution in [1.82, 2.24) is 29.7 Å². The highest BCUT2D eigenvalue weighted by Crippen LogP contribution is 2.35. The number of pyridine rings is 1. The van der Waals surface area contributed by atoms with Crippen LogP contribution in [0.5, 0.6) is 5.75 Å². The summed E-state index contributed by atoms with van der Waals surface area (Å²) >= 11 is 0. The molecule has 2 aliphatic heterocycles. The Morgan fingerprint density at radius 1 is 0.980 bits per heavy atom. The standard InChI is InChI=1S/C37H44N8O4/c1-43(2)36(48)31-21-26-22-39-37(42-34(26)45(31)28-5-3-4-6-28)40-32-13-11-29(23-38-32)49-20-17-24-15-18-44(19-16-24)27-9-7-25(8-10-27)30-12-14-33(46)41-35(30)47/h7-11,13,21-24,28,30H,3-6,12,14-20H2,1-2H3,(H,41,46,47)(H,38,39,40,42). The van der Waals surface area contributed by atoms with E-state index in [9.17, 15) is 14.4 Å².